The van der Waals surface area contributed by atoms with Gasteiger partial charge in [0.05, 0.1) is 23.8 Å². The van der Waals surface area contributed by atoms with Crippen molar-refractivity contribution in [2.75, 3.05) is 12.0 Å². The highest BCUT2D eigenvalue weighted by atomic mass is 32.1. The maximum atomic E-state index is 14.0. The van der Waals surface area contributed by atoms with Crippen molar-refractivity contribution in [1.82, 2.24) is 4.90 Å². The molecule has 4 aromatic rings. The molecule has 1 atom stereocenters. The molecule has 0 aromatic heterocycles. The van der Waals surface area contributed by atoms with Crippen molar-refractivity contribution >= 4 is 57.4 Å². The van der Waals surface area contributed by atoms with Crippen molar-refractivity contribution in [2.45, 2.75) is 13.0 Å². The van der Waals surface area contributed by atoms with Gasteiger partial charge in [-0.15, -0.1) is 0 Å². The number of hydrogen-bond donors (Lipinski definition) is 0. The van der Waals surface area contributed by atoms with Gasteiger partial charge in [0.15, 0.2) is 5.11 Å². The number of non-ortho nitro benzene ring substituents is 1. The van der Waals surface area contributed by atoms with E-state index in [1.54, 1.807) is 31.4 Å². The lowest BCUT2D eigenvalue weighted by atomic mass is 9.97. The van der Waals surface area contributed by atoms with E-state index < -0.39 is 22.8 Å². The zero-order valence-electron chi connectivity index (χ0n) is 21.1. The van der Waals surface area contributed by atoms with Crippen LogP contribution in [0.1, 0.15) is 24.1 Å². The van der Waals surface area contributed by atoms with Gasteiger partial charge in [-0.25, -0.2) is 0 Å². The summed E-state index contributed by atoms with van der Waals surface area (Å²) in [6, 6.07) is 25.6. The number of benzene rings is 4. The van der Waals surface area contributed by atoms with E-state index >= 15 is 0 Å². The Morgan fingerprint density at radius 2 is 1.56 bits per heavy atom. The Kier molecular flexibility index (Phi) is 6.91. The number of nitrogens with zero attached hydrogens (tertiary/aromatic N) is 3. The van der Waals surface area contributed by atoms with Crippen LogP contribution in [0.2, 0.25) is 0 Å². The third-order valence-corrected chi connectivity index (χ3v) is 7.07. The quantitative estimate of drug-likeness (QED) is 0.0976. The van der Waals surface area contributed by atoms with E-state index in [2.05, 4.69) is 0 Å². The van der Waals surface area contributed by atoms with Gasteiger partial charge in [-0.05, 0) is 71.4 Å². The number of anilines is 1. The Morgan fingerprint density at radius 3 is 2.23 bits per heavy atom. The van der Waals surface area contributed by atoms with E-state index in [0.717, 1.165) is 16.3 Å². The highest BCUT2D eigenvalue weighted by molar-refractivity contribution is 7.80. The SMILES string of the molecule is COc1ccc(/C=C2\C(=O)N(c3ccc([N+](=O)[O-])cc3)C(=S)N(C(C)c3cccc4ccccc34)C2=O)cc1. The molecule has 9 heteroatoms. The molecular formula is C30H23N3O5S. The van der Waals surface area contributed by atoms with Gasteiger partial charge in [0.1, 0.15) is 11.3 Å². The zero-order valence-corrected chi connectivity index (χ0v) is 21.9. The van der Waals surface area contributed by atoms with Crippen molar-refractivity contribution < 1.29 is 19.2 Å². The second kappa shape index (κ2) is 10.5. The monoisotopic (exact) mass is 537 g/mol. The third-order valence-electron chi connectivity index (χ3n) is 6.69. The minimum absolute atomic E-state index is 0.00818. The largest absolute Gasteiger partial charge is 0.497 e. The van der Waals surface area contributed by atoms with Crippen molar-refractivity contribution in [3.05, 3.63) is 118 Å². The van der Waals surface area contributed by atoms with Crippen LogP contribution < -0.4 is 9.64 Å². The van der Waals surface area contributed by atoms with E-state index in [0.29, 0.717) is 17.0 Å². The highest BCUT2D eigenvalue weighted by Gasteiger charge is 2.43. The molecule has 0 N–H and O–H groups in total. The topological polar surface area (TPSA) is 93.0 Å². The van der Waals surface area contributed by atoms with E-state index in [1.165, 1.54) is 40.1 Å². The van der Waals surface area contributed by atoms with Gasteiger partial charge in [0, 0.05) is 12.1 Å². The fourth-order valence-electron chi connectivity index (χ4n) is 4.66. The maximum Gasteiger partial charge on any atom is 0.270 e. The highest BCUT2D eigenvalue weighted by Crippen LogP contribution is 2.35. The fourth-order valence-corrected chi connectivity index (χ4v) is 5.09. The van der Waals surface area contributed by atoms with Crippen LogP contribution >= 0.6 is 12.2 Å². The molecule has 0 spiro atoms. The van der Waals surface area contributed by atoms with Gasteiger partial charge in [-0.2, -0.15) is 0 Å². The predicted octanol–water partition coefficient (Wildman–Crippen LogP) is 6.06. The first-order chi connectivity index (χ1) is 18.8. The Bertz CT molecular complexity index is 1640. The number of fused-ring (bicyclic) bond motifs is 1. The molecule has 1 aliphatic heterocycles. The first-order valence-electron chi connectivity index (χ1n) is 12.1. The summed E-state index contributed by atoms with van der Waals surface area (Å²) in [5.74, 6) is -0.506. The number of thiocarbonyl (C=S) groups is 1. The van der Waals surface area contributed by atoms with E-state index in [4.69, 9.17) is 17.0 Å². The Balaban J connectivity index is 1.64. The molecule has 0 aliphatic carbocycles. The molecule has 1 saturated heterocycles. The average molecular weight is 538 g/mol. The molecule has 39 heavy (non-hydrogen) atoms. The van der Waals surface area contributed by atoms with E-state index in [9.17, 15) is 19.7 Å². The Labute approximate surface area is 229 Å². The van der Waals surface area contributed by atoms with Crippen molar-refractivity contribution in [3.8, 4) is 5.75 Å². The smallest absolute Gasteiger partial charge is 0.270 e. The van der Waals surface area contributed by atoms with Gasteiger partial charge in [-0.3, -0.25) is 29.5 Å². The normalized spacial score (nSPS) is 15.6. The lowest BCUT2D eigenvalue weighted by molar-refractivity contribution is -0.384. The van der Waals surface area contributed by atoms with Crippen LogP contribution in [0.4, 0.5) is 11.4 Å². The van der Waals surface area contributed by atoms with E-state index in [-0.39, 0.29) is 16.4 Å². The van der Waals surface area contributed by atoms with Crippen LogP contribution in [-0.4, -0.2) is 33.9 Å². The van der Waals surface area contributed by atoms with Gasteiger partial charge in [0.25, 0.3) is 17.5 Å². The average Bonchev–Trinajstić information content (AvgIpc) is 2.95. The molecule has 8 nitrogen and oxygen atoms in total. The fraction of sp³-hybridized carbons (Fsp3) is 0.100. The summed E-state index contributed by atoms with van der Waals surface area (Å²) in [5, 5.41) is 13.2. The zero-order chi connectivity index (χ0) is 27.7. The minimum atomic E-state index is -0.615. The van der Waals surface area contributed by atoms with Crippen LogP contribution in [-0.2, 0) is 9.59 Å². The molecule has 5 rings (SSSR count). The molecule has 0 bridgehead atoms. The van der Waals surface area contributed by atoms with Gasteiger partial charge >= 0.3 is 0 Å². The number of methoxy groups -OCH3 is 1. The van der Waals surface area contributed by atoms with Crippen molar-refractivity contribution in [1.29, 1.82) is 0 Å². The number of carbonyl (C=O) groups excluding carboxylic acids is 2. The van der Waals surface area contributed by atoms with Gasteiger partial charge in [0.2, 0.25) is 0 Å². The number of rotatable bonds is 6. The van der Waals surface area contributed by atoms with E-state index in [1.807, 2.05) is 49.4 Å². The number of carbonyl (C=O) groups is 2. The second-order valence-corrected chi connectivity index (χ2v) is 9.31. The van der Waals surface area contributed by atoms with Crippen LogP contribution in [0, 0.1) is 10.1 Å². The Hall–Kier alpha value is -4.89. The standard InChI is InChI=1S/C30H23N3O5S/c1-19(25-9-5-7-21-6-3-4-8-26(21)25)31-28(34)27(18-20-10-16-24(38-2)17-11-20)29(35)32(30(31)39)22-12-14-23(15-13-22)33(36)37/h3-19H,1-2H3/b27-18-. The third kappa shape index (κ3) is 4.75. The predicted molar refractivity (Wildman–Crippen MR) is 153 cm³/mol. The molecule has 2 amide bonds. The second-order valence-electron chi connectivity index (χ2n) is 8.95. The first kappa shape index (κ1) is 25.7. The number of amides is 2. The molecule has 1 aliphatic rings. The molecule has 1 fully saturated rings. The van der Waals surface area contributed by atoms with Crippen LogP contribution in [0.3, 0.4) is 0 Å². The molecule has 1 heterocycles. The number of nitro benzene ring substituents is 1. The van der Waals surface area contributed by atoms with Gasteiger partial charge in [-0.1, -0.05) is 54.6 Å². The molecular weight excluding hydrogens is 514 g/mol. The van der Waals surface area contributed by atoms with Crippen LogP contribution in [0.25, 0.3) is 16.8 Å². The maximum absolute atomic E-state index is 14.0. The molecule has 194 valence electrons. The summed E-state index contributed by atoms with van der Waals surface area (Å²) in [6.07, 6.45) is 1.52. The molecule has 1 unspecified atom stereocenters. The number of ether oxygens (including phenoxy) is 1. The van der Waals surface area contributed by atoms with Crippen molar-refractivity contribution in [2.24, 2.45) is 0 Å². The summed E-state index contributed by atoms with van der Waals surface area (Å²) >= 11 is 5.75. The first-order valence-corrected chi connectivity index (χ1v) is 12.5. The van der Waals surface area contributed by atoms with Crippen LogP contribution in [0.5, 0.6) is 5.75 Å². The summed E-state index contributed by atoms with van der Waals surface area (Å²) in [4.78, 5) is 41.1. The van der Waals surface area contributed by atoms with Crippen molar-refractivity contribution in [3.63, 3.8) is 0 Å². The molecule has 4 aromatic carbocycles. The number of hydrogen-bond acceptors (Lipinski definition) is 6. The van der Waals surface area contributed by atoms with Gasteiger partial charge < -0.3 is 4.74 Å². The summed E-state index contributed by atoms with van der Waals surface area (Å²) in [7, 11) is 1.55. The molecule has 0 saturated carbocycles. The molecule has 0 radical (unpaired) electrons. The minimum Gasteiger partial charge on any atom is -0.497 e. The number of nitro groups is 1. The van der Waals surface area contributed by atoms with Crippen LogP contribution in [0.15, 0.2) is 96.6 Å². The summed E-state index contributed by atoms with van der Waals surface area (Å²) in [6.45, 7) is 1.86. The summed E-state index contributed by atoms with van der Waals surface area (Å²) in [5.41, 5.74) is 1.60. The lowest BCUT2D eigenvalue weighted by Gasteiger charge is -2.40. The lowest BCUT2D eigenvalue weighted by Crippen LogP contribution is -2.57. The summed E-state index contributed by atoms with van der Waals surface area (Å²) < 4.78 is 5.21. The Morgan fingerprint density at radius 1 is 0.897 bits per heavy atom.